The van der Waals surface area contributed by atoms with E-state index in [1.165, 1.54) is 13.8 Å². The Bertz CT molecular complexity index is 962. The summed E-state index contributed by atoms with van der Waals surface area (Å²) in [6.07, 6.45) is -3.84. The van der Waals surface area contributed by atoms with E-state index in [1.807, 2.05) is 18.2 Å². The maximum absolute atomic E-state index is 11.9. The predicted octanol–water partition coefficient (Wildman–Crippen LogP) is 2.13. The Labute approximate surface area is 221 Å². The van der Waals surface area contributed by atoms with Gasteiger partial charge in [-0.15, -0.1) is 0 Å². The van der Waals surface area contributed by atoms with Crippen LogP contribution in [0.25, 0.3) is 0 Å². The lowest BCUT2D eigenvalue weighted by molar-refractivity contribution is -0.308. The van der Waals surface area contributed by atoms with Crippen molar-refractivity contribution >= 4 is 23.9 Å². The summed E-state index contributed by atoms with van der Waals surface area (Å²) >= 11 is 0. The second-order valence-corrected chi connectivity index (χ2v) is 8.58. The summed E-state index contributed by atoms with van der Waals surface area (Å²) in [5.74, 6) is -1.39. The van der Waals surface area contributed by atoms with Crippen molar-refractivity contribution in [2.75, 3.05) is 27.4 Å². The molecule has 38 heavy (non-hydrogen) atoms. The van der Waals surface area contributed by atoms with Crippen LogP contribution in [-0.4, -0.2) is 82.0 Å². The largest absolute Gasteiger partial charge is 0.493 e. The fourth-order valence-electron chi connectivity index (χ4n) is 3.99. The Hall–Kier alpha value is -3.38. The first-order valence-corrected chi connectivity index (χ1v) is 12.2. The van der Waals surface area contributed by atoms with E-state index >= 15 is 0 Å². The SMILES string of the molecule is COc1ccc(CCCCO[C@@H]2O[C@H](COC(C)=O)[C@@H](OC(C)=O)[C@H](OC(C)=O)[C@H]2OC(C)=O)cc1OC. The number of aryl methyl sites for hydroxylation is 1. The van der Waals surface area contributed by atoms with E-state index in [0.717, 1.165) is 32.3 Å². The number of unbranched alkanes of at least 4 members (excludes halogenated alkanes) is 1. The predicted molar refractivity (Wildman–Crippen MR) is 130 cm³/mol. The van der Waals surface area contributed by atoms with Crippen LogP contribution in [0, 0.1) is 0 Å². The Balaban J connectivity index is 2.13. The van der Waals surface area contributed by atoms with Crippen molar-refractivity contribution in [2.45, 2.75) is 77.7 Å². The van der Waals surface area contributed by atoms with E-state index in [1.54, 1.807) is 14.2 Å². The fourth-order valence-corrected chi connectivity index (χ4v) is 3.99. The smallest absolute Gasteiger partial charge is 0.303 e. The number of carbonyl (C=O) groups is 4. The highest BCUT2D eigenvalue weighted by atomic mass is 16.7. The first kappa shape index (κ1) is 30.8. The van der Waals surface area contributed by atoms with Crippen LogP contribution in [0.5, 0.6) is 11.5 Å². The van der Waals surface area contributed by atoms with Crippen molar-refractivity contribution in [3.63, 3.8) is 0 Å². The summed E-state index contributed by atoms with van der Waals surface area (Å²) in [7, 11) is 3.14. The molecule has 1 fully saturated rings. The number of carbonyl (C=O) groups excluding carboxylic acids is 4. The Morgan fingerprint density at radius 1 is 0.763 bits per heavy atom. The molecule has 0 aliphatic carbocycles. The summed E-state index contributed by atoms with van der Waals surface area (Å²) in [6, 6.07) is 5.68. The van der Waals surface area contributed by atoms with Gasteiger partial charge in [0.15, 0.2) is 36.1 Å². The molecule has 0 amide bonds. The van der Waals surface area contributed by atoms with Gasteiger partial charge in [-0.25, -0.2) is 0 Å². The molecule has 12 heteroatoms. The van der Waals surface area contributed by atoms with E-state index in [9.17, 15) is 19.2 Å². The highest BCUT2D eigenvalue weighted by Gasteiger charge is 2.52. The third kappa shape index (κ3) is 9.49. The van der Waals surface area contributed by atoms with E-state index in [0.29, 0.717) is 17.9 Å². The van der Waals surface area contributed by atoms with Crippen LogP contribution in [0.3, 0.4) is 0 Å². The number of hydrogen-bond acceptors (Lipinski definition) is 12. The molecule has 0 radical (unpaired) electrons. The number of rotatable bonds is 13. The Kier molecular flexibility index (Phi) is 12.3. The summed E-state index contributed by atoms with van der Waals surface area (Å²) in [5, 5.41) is 0. The number of hydrogen-bond donors (Lipinski definition) is 0. The normalized spacial score (nSPS) is 22.6. The zero-order valence-corrected chi connectivity index (χ0v) is 22.6. The Morgan fingerprint density at radius 3 is 1.95 bits per heavy atom. The molecule has 0 aromatic heterocycles. The number of ether oxygens (including phenoxy) is 8. The number of benzene rings is 1. The molecule has 0 unspecified atom stereocenters. The lowest BCUT2D eigenvalue weighted by atomic mass is 9.98. The number of methoxy groups -OCH3 is 2. The van der Waals surface area contributed by atoms with Crippen molar-refractivity contribution in [1.29, 1.82) is 0 Å². The molecule has 0 N–H and O–H groups in total. The van der Waals surface area contributed by atoms with Gasteiger partial charge in [-0.3, -0.25) is 19.2 Å². The average molecular weight is 541 g/mol. The van der Waals surface area contributed by atoms with Crippen LogP contribution in [-0.2, 0) is 54.0 Å². The molecule has 1 saturated heterocycles. The maximum Gasteiger partial charge on any atom is 0.303 e. The Morgan fingerprint density at radius 2 is 1.37 bits per heavy atom. The third-order valence-electron chi connectivity index (χ3n) is 5.54. The van der Waals surface area contributed by atoms with E-state index in [2.05, 4.69) is 0 Å². The molecule has 0 spiro atoms. The molecule has 1 aromatic rings. The van der Waals surface area contributed by atoms with Gasteiger partial charge in [0.1, 0.15) is 12.7 Å². The van der Waals surface area contributed by atoms with Gasteiger partial charge in [0.2, 0.25) is 0 Å². The molecular weight excluding hydrogens is 504 g/mol. The van der Waals surface area contributed by atoms with Gasteiger partial charge in [-0.2, -0.15) is 0 Å². The molecule has 12 nitrogen and oxygen atoms in total. The highest BCUT2D eigenvalue weighted by molar-refractivity contribution is 5.68. The van der Waals surface area contributed by atoms with Crippen LogP contribution in [0.2, 0.25) is 0 Å². The van der Waals surface area contributed by atoms with Crippen molar-refractivity contribution < 1.29 is 57.1 Å². The minimum atomic E-state index is -1.26. The summed E-state index contributed by atoms with van der Waals surface area (Å²) in [4.78, 5) is 47.0. The molecular formula is C26H36O12. The number of esters is 4. The zero-order valence-electron chi connectivity index (χ0n) is 22.6. The summed E-state index contributed by atoms with van der Waals surface area (Å²) in [5.41, 5.74) is 1.05. The molecule has 212 valence electrons. The standard InChI is InChI=1S/C26H36O12/c1-15(27)34-14-22-23(35-16(2)28)24(36-17(3)29)25(37-18(4)30)26(38-22)33-12-8-7-9-19-10-11-20(31-5)21(13-19)32-6/h10-11,13,22-26H,7-9,12,14H2,1-6H3/t22-,23-,24+,25-,26-/m1/s1. The topological polar surface area (TPSA) is 142 Å². The minimum absolute atomic E-state index is 0.209. The minimum Gasteiger partial charge on any atom is -0.493 e. The molecule has 5 atom stereocenters. The van der Waals surface area contributed by atoms with Gasteiger partial charge >= 0.3 is 23.9 Å². The van der Waals surface area contributed by atoms with E-state index in [4.69, 9.17) is 37.9 Å². The first-order valence-electron chi connectivity index (χ1n) is 12.2. The van der Waals surface area contributed by atoms with Gasteiger partial charge in [-0.1, -0.05) is 6.07 Å². The fraction of sp³-hybridized carbons (Fsp3) is 0.615. The van der Waals surface area contributed by atoms with Gasteiger partial charge in [-0.05, 0) is 37.0 Å². The van der Waals surface area contributed by atoms with Gasteiger partial charge in [0, 0.05) is 34.3 Å². The van der Waals surface area contributed by atoms with Crippen LogP contribution in [0.4, 0.5) is 0 Å². The first-order chi connectivity index (χ1) is 18.0. The quantitative estimate of drug-likeness (QED) is 0.205. The zero-order chi connectivity index (χ0) is 28.2. The van der Waals surface area contributed by atoms with Crippen molar-refractivity contribution in [1.82, 2.24) is 0 Å². The van der Waals surface area contributed by atoms with Gasteiger partial charge < -0.3 is 37.9 Å². The van der Waals surface area contributed by atoms with Crippen LogP contribution in [0.15, 0.2) is 18.2 Å². The maximum atomic E-state index is 11.9. The van der Waals surface area contributed by atoms with Crippen molar-refractivity contribution in [3.8, 4) is 11.5 Å². The third-order valence-corrected chi connectivity index (χ3v) is 5.54. The van der Waals surface area contributed by atoms with E-state index in [-0.39, 0.29) is 13.2 Å². The van der Waals surface area contributed by atoms with E-state index < -0.39 is 54.6 Å². The second-order valence-electron chi connectivity index (χ2n) is 8.58. The van der Waals surface area contributed by atoms with Crippen LogP contribution in [0.1, 0.15) is 46.1 Å². The van der Waals surface area contributed by atoms with Crippen LogP contribution < -0.4 is 9.47 Å². The molecule has 2 rings (SSSR count). The molecule has 1 aliphatic rings. The molecule has 1 aliphatic heterocycles. The second kappa shape index (κ2) is 15.1. The van der Waals surface area contributed by atoms with Crippen LogP contribution >= 0.6 is 0 Å². The lowest BCUT2D eigenvalue weighted by Crippen LogP contribution is -2.63. The molecule has 1 aromatic carbocycles. The summed E-state index contributed by atoms with van der Waals surface area (Å²) < 4.78 is 43.6. The molecule has 0 bridgehead atoms. The average Bonchev–Trinajstić information content (AvgIpc) is 2.84. The lowest BCUT2D eigenvalue weighted by Gasteiger charge is -2.44. The molecule has 0 saturated carbocycles. The van der Waals surface area contributed by atoms with Crippen molar-refractivity contribution in [2.24, 2.45) is 0 Å². The molecule has 1 heterocycles. The van der Waals surface area contributed by atoms with Gasteiger partial charge in [0.25, 0.3) is 0 Å². The highest BCUT2D eigenvalue weighted by Crippen LogP contribution is 2.31. The van der Waals surface area contributed by atoms with Gasteiger partial charge in [0.05, 0.1) is 14.2 Å². The monoisotopic (exact) mass is 540 g/mol. The summed E-state index contributed by atoms with van der Waals surface area (Å²) in [6.45, 7) is 4.61. The van der Waals surface area contributed by atoms with Crippen molar-refractivity contribution in [3.05, 3.63) is 23.8 Å².